The summed E-state index contributed by atoms with van der Waals surface area (Å²) < 4.78 is 10.5. The predicted molar refractivity (Wildman–Crippen MR) is 67.4 cm³/mol. The number of ether oxygens (including phenoxy) is 2. The van der Waals surface area contributed by atoms with Gasteiger partial charge in [0, 0.05) is 19.8 Å². The average Bonchev–Trinajstić information content (AvgIpc) is 2.75. The van der Waals surface area contributed by atoms with E-state index in [9.17, 15) is 4.79 Å². The Balaban J connectivity index is 1.79. The van der Waals surface area contributed by atoms with Gasteiger partial charge >= 0.3 is 5.97 Å². The molecule has 0 aromatic heterocycles. The zero-order valence-electron chi connectivity index (χ0n) is 9.80. The van der Waals surface area contributed by atoms with Gasteiger partial charge in [-0.1, -0.05) is 17.7 Å². The van der Waals surface area contributed by atoms with Gasteiger partial charge in [-0.15, -0.1) is 6.42 Å². The number of fused-ring (bicyclic) bond motifs is 1. The maximum Gasteiger partial charge on any atom is 0.302 e. The highest BCUT2D eigenvalue weighted by molar-refractivity contribution is 8.14. The first-order valence-corrected chi connectivity index (χ1v) is 6.28. The molecule has 0 bridgehead atoms. The quantitative estimate of drug-likeness (QED) is 0.580. The van der Waals surface area contributed by atoms with Crippen molar-refractivity contribution < 1.29 is 14.3 Å². The predicted octanol–water partition coefficient (Wildman–Crippen LogP) is 0.131. The van der Waals surface area contributed by atoms with Gasteiger partial charge in [0.15, 0.2) is 5.17 Å². The lowest BCUT2D eigenvalue weighted by atomic mass is 10.1. The summed E-state index contributed by atoms with van der Waals surface area (Å²) in [5.74, 6) is 2.14. The Morgan fingerprint density at radius 2 is 2.56 bits per heavy atom. The Morgan fingerprint density at radius 1 is 1.72 bits per heavy atom. The normalized spacial score (nSPS) is 30.0. The summed E-state index contributed by atoms with van der Waals surface area (Å²) in [5, 5.41) is 3.74. The maximum absolute atomic E-state index is 10.7. The van der Waals surface area contributed by atoms with Crippen molar-refractivity contribution in [2.24, 2.45) is 4.99 Å². The number of hydrogen-bond acceptors (Lipinski definition) is 6. The van der Waals surface area contributed by atoms with Crippen molar-refractivity contribution in [3.63, 3.8) is 0 Å². The molecule has 0 saturated carbocycles. The van der Waals surface area contributed by atoms with Gasteiger partial charge in [0.05, 0.1) is 12.6 Å². The molecule has 0 unspecified atom stereocenters. The molecule has 2 rings (SSSR count). The molecule has 1 saturated heterocycles. The van der Waals surface area contributed by atoms with Crippen LogP contribution in [0.15, 0.2) is 4.99 Å². The maximum atomic E-state index is 10.7. The lowest BCUT2D eigenvalue weighted by molar-refractivity contribution is -0.145. The standard InChI is InChI=1S/C12H12N2O3S/c1-3-6-13-12-14-10-5-4-9(7-16-8(2)15)17-11(10)18-12/h1,9-11H,6-7H2,2H3,(H,13,14)/t9-,10-,11-/m1/s1. The lowest BCUT2D eigenvalue weighted by Gasteiger charge is -2.28. The molecule has 4 radical (unpaired) electrons. The van der Waals surface area contributed by atoms with E-state index >= 15 is 0 Å². The number of hydrogen-bond donors (Lipinski definition) is 1. The third kappa shape index (κ3) is 3.40. The molecule has 6 heteroatoms. The van der Waals surface area contributed by atoms with Crippen molar-refractivity contribution in [2.45, 2.75) is 24.5 Å². The van der Waals surface area contributed by atoms with E-state index in [0.29, 0.717) is 6.54 Å². The van der Waals surface area contributed by atoms with E-state index in [-0.39, 0.29) is 30.2 Å². The molecule has 0 spiro atoms. The van der Waals surface area contributed by atoms with E-state index in [4.69, 9.17) is 15.9 Å². The van der Waals surface area contributed by atoms with Crippen LogP contribution >= 0.6 is 11.8 Å². The molecule has 94 valence electrons. The molecule has 3 atom stereocenters. The SMILES string of the molecule is C#CCNC1=N[C@@H]2[C][C][C@H](COC(C)=O)O[C@@H]2S1. The van der Waals surface area contributed by atoms with Crippen molar-refractivity contribution in [2.75, 3.05) is 13.2 Å². The van der Waals surface area contributed by atoms with Crippen LogP contribution in [0.2, 0.25) is 0 Å². The summed E-state index contributed by atoms with van der Waals surface area (Å²) >= 11 is 1.45. The van der Waals surface area contributed by atoms with E-state index in [1.807, 2.05) is 0 Å². The van der Waals surface area contributed by atoms with Crippen LogP contribution in [-0.4, -0.2) is 41.9 Å². The number of terminal acetylenes is 1. The molecule has 5 nitrogen and oxygen atoms in total. The number of esters is 1. The van der Waals surface area contributed by atoms with Gasteiger partial charge in [-0.25, -0.2) is 0 Å². The number of carbonyl (C=O) groups excluding carboxylic acids is 1. The molecule has 0 aliphatic carbocycles. The molecule has 2 aliphatic rings. The van der Waals surface area contributed by atoms with E-state index in [2.05, 4.69) is 29.1 Å². The van der Waals surface area contributed by atoms with Crippen molar-refractivity contribution in [1.29, 1.82) is 0 Å². The molecule has 1 fully saturated rings. The fraction of sp³-hybridized carbons (Fsp3) is 0.500. The molecule has 0 aromatic rings. The van der Waals surface area contributed by atoms with Gasteiger partial charge in [-0.3, -0.25) is 9.79 Å². The van der Waals surface area contributed by atoms with Crippen molar-refractivity contribution >= 4 is 22.9 Å². The van der Waals surface area contributed by atoms with Crippen molar-refractivity contribution in [3.05, 3.63) is 12.8 Å². The summed E-state index contributed by atoms with van der Waals surface area (Å²) in [7, 11) is 0. The number of rotatable bonds is 3. The molecule has 2 heterocycles. The molecule has 0 amide bonds. The van der Waals surface area contributed by atoms with Gasteiger partial charge < -0.3 is 14.8 Å². The van der Waals surface area contributed by atoms with Gasteiger partial charge in [-0.05, 0) is 0 Å². The Bertz CT molecular complexity index is 391. The van der Waals surface area contributed by atoms with E-state index in [0.717, 1.165) is 5.17 Å². The molecular weight excluding hydrogens is 252 g/mol. The van der Waals surface area contributed by atoms with Crippen LogP contribution in [0, 0.1) is 25.2 Å². The number of amidine groups is 1. The zero-order valence-corrected chi connectivity index (χ0v) is 10.6. The highest BCUT2D eigenvalue weighted by Crippen LogP contribution is 2.34. The van der Waals surface area contributed by atoms with Crippen molar-refractivity contribution in [3.8, 4) is 12.3 Å². The molecular formula is C12H12N2O3S. The largest absolute Gasteiger partial charge is 0.463 e. The van der Waals surface area contributed by atoms with Crippen molar-refractivity contribution in [1.82, 2.24) is 5.32 Å². The third-order valence-corrected chi connectivity index (χ3v) is 3.29. The summed E-state index contributed by atoms with van der Waals surface area (Å²) in [5.41, 5.74) is -0.160. The minimum atomic E-state index is -0.384. The van der Waals surface area contributed by atoms with Crippen LogP contribution in [-0.2, 0) is 14.3 Å². The molecule has 1 N–H and O–H groups in total. The number of nitrogens with one attached hydrogen (secondary N) is 1. The number of aliphatic imine (C=N–C) groups is 1. The van der Waals surface area contributed by atoms with Gasteiger partial charge in [-0.2, -0.15) is 0 Å². The smallest absolute Gasteiger partial charge is 0.302 e. The first kappa shape index (κ1) is 13.2. The molecule has 0 aromatic carbocycles. The Labute approximate surface area is 111 Å². The highest BCUT2D eigenvalue weighted by Gasteiger charge is 2.38. The molecule has 18 heavy (non-hydrogen) atoms. The second kappa shape index (κ2) is 6.12. The first-order valence-electron chi connectivity index (χ1n) is 5.40. The lowest BCUT2D eigenvalue weighted by Crippen LogP contribution is -2.37. The topological polar surface area (TPSA) is 59.9 Å². The van der Waals surface area contributed by atoms with E-state index < -0.39 is 0 Å². The average molecular weight is 264 g/mol. The van der Waals surface area contributed by atoms with Crippen LogP contribution in [0.4, 0.5) is 0 Å². The number of thioether (sulfide) groups is 1. The van der Waals surface area contributed by atoms with Crippen LogP contribution in [0.25, 0.3) is 0 Å². The third-order valence-electron chi connectivity index (χ3n) is 2.21. The molecule has 2 aliphatic heterocycles. The Hall–Kier alpha value is -1.19. The van der Waals surface area contributed by atoms with Crippen LogP contribution < -0.4 is 5.32 Å². The van der Waals surface area contributed by atoms with Gasteiger partial charge in [0.25, 0.3) is 0 Å². The minimum Gasteiger partial charge on any atom is -0.463 e. The van der Waals surface area contributed by atoms with E-state index in [1.54, 1.807) is 0 Å². The van der Waals surface area contributed by atoms with Crippen LogP contribution in [0.3, 0.4) is 0 Å². The summed E-state index contributed by atoms with van der Waals surface area (Å²) in [6.07, 6.45) is 10.7. The zero-order chi connectivity index (χ0) is 13.0. The fourth-order valence-electron chi connectivity index (χ4n) is 1.46. The number of carbonyl (C=O) groups is 1. The van der Waals surface area contributed by atoms with Gasteiger partial charge in [0.2, 0.25) is 0 Å². The summed E-state index contributed by atoms with van der Waals surface area (Å²) in [6.45, 7) is 1.93. The Kier molecular flexibility index (Phi) is 4.50. The summed E-state index contributed by atoms with van der Waals surface area (Å²) in [4.78, 5) is 15.0. The summed E-state index contributed by atoms with van der Waals surface area (Å²) in [6, 6.07) is -0.177. The van der Waals surface area contributed by atoms with Gasteiger partial charge in [0.1, 0.15) is 18.1 Å². The fourth-order valence-corrected chi connectivity index (χ4v) is 2.45. The second-order valence-electron chi connectivity index (χ2n) is 3.64. The first-order chi connectivity index (χ1) is 8.69. The number of nitrogens with zero attached hydrogens (tertiary/aromatic N) is 1. The Morgan fingerprint density at radius 3 is 3.28 bits per heavy atom. The van der Waals surface area contributed by atoms with Crippen LogP contribution in [0.5, 0.6) is 0 Å². The van der Waals surface area contributed by atoms with E-state index in [1.165, 1.54) is 18.7 Å². The second-order valence-corrected chi connectivity index (χ2v) is 4.73. The monoisotopic (exact) mass is 264 g/mol. The minimum absolute atomic E-state index is 0.152. The van der Waals surface area contributed by atoms with Crippen LogP contribution in [0.1, 0.15) is 6.92 Å². The highest BCUT2D eigenvalue weighted by atomic mass is 32.2.